The van der Waals surface area contributed by atoms with Crippen molar-refractivity contribution in [1.29, 1.82) is 0 Å². The predicted octanol–water partition coefficient (Wildman–Crippen LogP) is 5.00. The van der Waals surface area contributed by atoms with Crippen LogP contribution in [0.1, 0.15) is 27.5 Å². The fourth-order valence-electron chi connectivity index (χ4n) is 2.53. The molecule has 1 amide bonds. The van der Waals surface area contributed by atoms with Crippen LogP contribution in [0.4, 0.5) is 5.69 Å². The van der Waals surface area contributed by atoms with Crippen molar-refractivity contribution < 1.29 is 13.9 Å². The number of hydrogen-bond donors (Lipinski definition) is 1. The Hall–Kier alpha value is -2.44. The van der Waals surface area contributed by atoms with Gasteiger partial charge in [0, 0.05) is 5.02 Å². The average Bonchev–Trinajstić information content (AvgIpc) is 3.12. The summed E-state index contributed by atoms with van der Waals surface area (Å²) >= 11 is 12.0. The van der Waals surface area contributed by atoms with Gasteiger partial charge in [0.05, 0.1) is 33.9 Å². The van der Waals surface area contributed by atoms with Crippen molar-refractivity contribution in [2.24, 2.45) is 0 Å². The maximum Gasteiger partial charge on any atom is 0.259 e. The van der Waals surface area contributed by atoms with E-state index in [1.165, 1.54) is 6.26 Å². The predicted molar refractivity (Wildman–Crippen MR) is 100 cm³/mol. The monoisotopic (exact) mass is 393 g/mol. The van der Waals surface area contributed by atoms with Crippen LogP contribution in [0.2, 0.25) is 10.0 Å². The highest BCUT2D eigenvalue weighted by Crippen LogP contribution is 2.28. The van der Waals surface area contributed by atoms with E-state index in [0.717, 1.165) is 5.69 Å². The summed E-state index contributed by atoms with van der Waals surface area (Å²) in [6.45, 7) is 5.55. The molecule has 2 heterocycles. The number of furan rings is 1. The molecule has 26 heavy (non-hydrogen) atoms. The Morgan fingerprint density at radius 2 is 2.04 bits per heavy atom. The lowest BCUT2D eigenvalue weighted by molar-refractivity contribution is 0.102. The van der Waals surface area contributed by atoms with E-state index in [1.54, 1.807) is 35.9 Å². The zero-order valence-corrected chi connectivity index (χ0v) is 16.0. The highest BCUT2D eigenvalue weighted by atomic mass is 35.5. The first-order valence-corrected chi connectivity index (χ1v) is 8.59. The third kappa shape index (κ3) is 3.71. The molecule has 0 unspecified atom stereocenters. The standard InChI is InChI=1S/C18H17Cl2N3O3/c1-10-17(21-18(24)14-6-7-25-12(14)3)11(2)23(22-10)9-26-16-5-4-13(19)8-15(16)20/h4-8H,9H2,1-3H3,(H,21,24). The summed E-state index contributed by atoms with van der Waals surface area (Å²) in [6, 6.07) is 6.63. The van der Waals surface area contributed by atoms with Crippen molar-refractivity contribution >= 4 is 34.8 Å². The smallest absolute Gasteiger partial charge is 0.259 e. The van der Waals surface area contributed by atoms with Crippen molar-refractivity contribution in [1.82, 2.24) is 9.78 Å². The minimum Gasteiger partial charge on any atom is -0.470 e. The van der Waals surface area contributed by atoms with E-state index in [9.17, 15) is 4.79 Å². The van der Waals surface area contributed by atoms with Crippen LogP contribution in [0, 0.1) is 20.8 Å². The Morgan fingerprint density at radius 3 is 2.69 bits per heavy atom. The van der Waals surface area contributed by atoms with Crippen LogP contribution >= 0.6 is 23.2 Å². The SMILES string of the molecule is Cc1nn(COc2ccc(Cl)cc2Cl)c(C)c1NC(=O)c1ccoc1C. The zero-order valence-electron chi connectivity index (χ0n) is 14.5. The molecule has 0 saturated heterocycles. The first-order chi connectivity index (χ1) is 12.4. The van der Waals surface area contributed by atoms with E-state index in [-0.39, 0.29) is 12.6 Å². The van der Waals surface area contributed by atoms with Gasteiger partial charge in [-0.25, -0.2) is 4.68 Å². The van der Waals surface area contributed by atoms with Crippen molar-refractivity contribution in [2.75, 3.05) is 5.32 Å². The van der Waals surface area contributed by atoms with Crippen LogP contribution in [0.25, 0.3) is 0 Å². The molecule has 136 valence electrons. The van der Waals surface area contributed by atoms with E-state index < -0.39 is 0 Å². The van der Waals surface area contributed by atoms with Crippen molar-refractivity contribution in [3.63, 3.8) is 0 Å². The van der Waals surface area contributed by atoms with Gasteiger partial charge in [-0.1, -0.05) is 23.2 Å². The Kier molecular flexibility index (Phi) is 5.25. The second-order valence-electron chi connectivity index (χ2n) is 5.74. The van der Waals surface area contributed by atoms with Crippen molar-refractivity contribution in [2.45, 2.75) is 27.5 Å². The second kappa shape index (κ2) is 7.43. The topological polar surface area (TPSA) is 69.3 Å². The first kappa shape index (κ1) is 18.4. The lowest BCUT2D eigenvalue weighted by Crippen LogP contribution is -2.14. The van der Waals surface area contributed by atoms with E-state index >= 15 is 0 Å². The van der Waals surface area contributed by atoms with Gasteiger partial charge in [0.2, 0.25) is 0 Å². The Balaban J connectivity index is 1.75. The number of benzene rings is 1. The summed E-state index contributed by atoms with van der Waals surface area (Å²) in [7, 11) is 0. The fourth-order valence-corrected chi connectivity index (χ4v) is 2.99. The molecular weight excluding hydrogens is 377 g/mol. The maximum absolute atomic E-state index is 12.4. The highest BCUT2D eigenvalue weighted by molar-refractivity contribution is 6.35. The number of nitrogens with one attached hydrogen (secondary N) is 1. The summed E-state index contributed by atoms with van der Waals surface area (Å²) < 4.78 is 12.5. The van der Waals surface area contributed by atoms with Gasteiger partial charge in [0.15, 0.2) is 6.73 Å². The summed E-state index contributed by atoms with van der Waals surface area (Å²) in [5, 5.41) is 8.25. The largest absolute Gasteiger partial charge is 0.470 e. The van der Waals surface area contributed by atoms with Gasteiger partial charge in [-0.3, -0.25) is 4.79 Å². The normalized spacial score (nSPS) is 10.8. The number of anilines is 1. The highest BCUT2D eigenvalue weighted by Gasteiger charge is 2.18. The van der Waals surface area contributed by atoms with Gasteiger partial charge < -0.3 is 14.5 Å². The maximum atomic E-state index is 12.4. The van der Waals surface area contributed by atoms with Crippen LogP contribution < -0.4 is 10.1 Å². The molecule has 8 heteroatoms. The van der Waals surface area contributed by atoms with Gasteiger partial charge in [-0.2, -0.15) is 5.10 Å². The molecule has 0 aliphatic rings. The van der Waals surface area contributed by atoms with Gasteiger partial charge in [-0.15, -0.1) is 0 Å². The first-order valence-electron chi connectivity index (χ1n) is 7.84. The molecule has 1 aromatic carbocycles. The molecule has 0 aliphatic heterocycles. The molecule has 0 saturated carbocycles. The second-order valence-corrected chi connectivity index (χ2v) is 6.58. The molecule has 3 rings (SSSR count). The summed E-state index contributed by atoms with van der Waals surface area (Å²) in [5.74, 6) is 0.817. The summed E-state index contributed by atoms with van der Waals surface area (Å²) in [4.78, 5) is 12.4. The van der Waals surface area contributed by atoms with Gasteiger partial charge in [-0.05, 0) is 45.0 Å². The van der Waals surface area contributed by atoms with Crippen LogP contribution in [0.5, 0.6) is 5.75 Å². The lowest BCUT2D eigenvalue weighted by atomic mass is 10.2. The molecule has 3 aromatic rings. The molecule has 0 aliphatic carbocycles. The quantitative estimate of drug-likeness (QED) is 0.662. The van der Waals surface area contributed by atoms with E-state index in [4.69, 9.17) is 32.4 Å². The molecule has 2 aromatic heterocycles. The number of carbonyl (C=O) groups is 1. The summed E-state index contributed by atoms with van der Waals surface area (Å²) in [6.07, 6.45) is 1.48. The number of nitrogens with zero attached hydrogens (tertiary/aromatic N) is 2. The Labute approximate surface area is 160 Å². The lowest BCUT2D eigenvalue weighted by Gasteiger charge is -2.10. The molecule has 1 N–H and O–H groups in total. The minimum absolute atomic E-state index is 0.147. The van der Waals surface area contributed by atoms with Crippen molar-refractivity contribution in [3.05, 3.63) is 63.3 Å². The van der Waals surface area contributed by atoms with Crippen LogP contribution in [0.3, 0.4) is 0 Å². The number of hydrogen-bond acceptors (Lipinski definition) is 4. The third-order valence-electron chi connectivity index (χ3n) is 3.96. The van der Waals surface area contributed by atoms with Gasteiger partial charge in [0.25, 0.3) is 5.91 Å². The number of rotatable bonds is 5. The van der Waals surface area contributed by atoms with Crippen LogP contribution in [-0.4, -0.2) is 15.7 Å². The molecule has 6 nitrogen and oxygen atoms in total. The van der Waals surface area contributed by atoms with E-state index in [1.807, 2.05) is 13.8 Å². The third-order valence-corrected chi connectivity index (χ3v) is 4.49. The molecule has 0 bridgehead atoms. The number of amides is 1. The summed E-state index contributed by atoms with van der Waals surface area (Å²) in [5.41, 5.74) is 2.58. The molecular formula is C18H17Cl2N3O3. The molecule has 0 radical (unpaired) electrons. The minimum atomic E-state index is -0.247. The van der Waals surface area contributed by atoms with Crippen LogP contribution in [-0.2, 0) is 6.73 Å². The number of aromatic nitrogens is 2. The number of halogens is 2. The number of ether oxygens (including phenoxy) is 1. The number of carbonyl (C=O) groups excluding carboxylic acids is 1. The molecule has 0 fully saturated rings. The average molecular weight is 394 g/mol. The Bertz CT molecular complexity index is 963. The molecule has 0 spiro atoms. The van der Waals surface area contributed by atoms with Crippen LogP contribution in [0.15, 0.2) is 34.9 Å². The zero-order chi connectivity index (χ0) is 18.8. The molecule has 0 atom stereocenters. The number of aryl methyl sites for hydroxylation is 2. The van der Waals surface area contributed by atoms with E-state index in [0.29, 0.717) is 38.5 Å². The fraction of sp³-hybridized carbons (Fsp3) is 0.222. The van der Waals surface area contributed by atoms with E-state index in [2.05, 4.69) is 10.4 Å². The Morgan fingerprint density at radius 1 is 1.27 bits per heavy atom. The van der Waals surface area contributed by atoms with Gasteiger partial charge >= 0.3 is 0 Å². The van der Waals surface area contributed by atoms with Gasteiger partial charge in [0.1, 0.15) is 11.5 Å². The van der Waals surface area contributed by atoms with Crippen molar-refractivity contribution in [3.8, 4) is 5.75 Å².